The largest absolute Gasteiger partial charge is 0.338 e. The molecule has 2 aromatic rings. The Balaban J connectivity index is 0.00000280. The Morgan fingerprint density at radius 2 is 1.82 bits per heavy atom. The number of carbonyl (C=O) groups is 2. The summed E-state index contributed by atoms with van der Waals surface area (Å²) in [6, 6.07) is 17.0. The van der Waals surface area contributed by atoms with Gasteiger partial charge in [-0.1, -0.05) is 36.4 Å². The van der Waals surface area contributed by atoms with Crippen molar-refractivity contribution in [1.82, 2.24) is 9.80 Å². The SMILES string of the molecule is CN(C)C(=O)Nc1cccc(C(=O)N2C[C@@H](CN)[C@H](c3ccccc3)C2)c1.Cl. The molecule has 2 aromatic carbocycles. The van der Waals surface area contributed by atoms with Crippen molar-refractivity contribution in [3.63, 3.8) is 0 Å². The first kappa shape index (κ1) is 21.7. The highest BCUT2D eigenvalue weighted by Crippen LogP contribution is 2.33. The minimum atomic E-state index is -0.229. The standard InChI is InChI=1S/C21H26N4O2.ClH/c1-24(2)21(27)23-18-10-6-9-16(11-18)20(26)25-13-17(12-22)19(14-25)15-7-4-3-5-8-15;/h3-11,17,19H,12-14,22H2,1-2H3,(H,23,27);1H/t17-,19+;/m1./s1. The van der Waals surface area contributed by atoms with Gasteiger partial charge in [-0.15, -0.1) is 12.4 Å². The van der Waals surface area contributed by atoms with Gasteiger partial charge in [0.1, 0.15) is 0 Å². The first-order valence-corrected chi connectivity index (χ1v) is 9.12. The van der Waals surface area contributed by atoms with Crippen molar-refractivity contribution < 1.29 is 9.59 Å². The summed E-state index contributed by atoms with van der Waals surface area (Å²) in [4.78, 5) is 28.2. The second-order valence-electron chi connectivity index (χ2n) is 7.13. The van der Waals surface area contributed by atoms with Crippen LogP contribution in [0.5, 0.6) is 0 Å². The minimum Gasteiger partial charge on any atom is -0.338 e. The van der Waals surface area contributed by atoms with Crippen molar-refractivity contribution in [2.45, 2.75) is 5.92 Å². The molecular formula is C21H27ClN4O2. The molecule has 150 valence electrons. The van der Waals surface area contributed by atoms with Gasteiger partial charge in [0.15, 0.2) is 0 Å². The molecule has 3 amide bonds. The molecule has 2 atom stereocenters. The van der Waals surface area contributed by atoms with E-state index in [1.165, 1.54) is 10.5 Å². The third-order valence-electron chi connectivity index (χ3n) is 5.03. The van der Waals surface area contributed by atoms with Crippen LogP contribution in [-0.2, 0) is 0 Å². The van der Waals surface area contributed by atoms with Crippen molar-refractivity contribution in [3.8, 4) is 0 Å². The van der Waals surface area contributed by atoms with E-state index in [0.29, 0.717) is 30.9 Å². The minimum absolute atomic E-state index is 0. The molecule has 1 fully saturated rings. The van der Waals surface area contributed by atoms with Crippen LogP contribution in [0.2, 0.25) is 0 Å². The van der Waals surface area contributed by atoms with E-state index in [1.54, 1.807) is 38.4 Å². The highest BCUT2D eigenvalue weighted by molar-refractivity contribution is 5.97. The van der Waals surface area contributed by atoms with Gasteiger partial charge in [-0.2, -0.15) is 0 Å². The lowest BCUT2D eigenvalue weighted by molar-refractivity contribution is 0.0786. The smallest absolute Gasteiger partial charge is 0.321 e. The molecule has 1 aliphatic heterocycles. The van der Waals surface area contributed by atoms with Gasteiger partial charge >= 0.3 is 6.03 Å². The number of anilines is 1. The molecule has 0 spiro atoms. The van der Waals surface area contributed by atoms with Crippen LogP contribution < -0.4 is 11.1 Å². The fraction of sp³-hybridized carbons (Fsp3) is 0.333. The van der Waals surface area contributed by atoms with E-state index in [4.69, 9.17) is 5.73 Å². The molecule has 6 nitrogen and oxygen atoms in total. The maximum atomic E-state index is 13.0. The fourth-order valence-electron chi connectivity index (χ4n) is 3.50. The number of hydrogen-bond acceptors (Lipinski definition) is 3. The number of nitrogens with zero attached hydrogens (tertiary/aromatic N) is 2. The number of halogens is 1. The molecule has 1 saturated heterocycles. The monoisotopic (exact) mass is 402 g/mol. The number of carbonyl (C=O) groups excluding carboxylic acids is 2. The van der Waals surface area contributed by atoms with Gasteiger partial charge in [0.25, 0.3) is 5.91 Å². The maximum absolute atomic E-state index is 13.0. The van der Waals surface area contributed by atoms with Crippen LogP contribution in [0.3, 0.4) is 0 Å². The number of urea groups is 1. The van der Waals surface area contributed by atoms with Crippen molar-refractivity contribution in [1.29, 1.82) is 0 Å². The van der Waals surface area contributed by atoms with Crippen molar-refractivity contribution >= 4 is 30.0 Å². The Kier molecular flexibility index (Phi) is 7.43. The molecule has 0 bridgehead atoms. The zero-order valence-electron chi connectivity index (χ0n) is 16.2. The summed E-state index contributed by atoms with van der Waals surface area (Å²) in [5, 5.41) is 2.78. The molecule has 7 heteroatoms. The summed E-state index contributed by atoms with van der Waals surface area (Å²) in [6.07, 6.45) is 0. The zero-order valence-corrected chi connectivity index (χ0v) is 17.0. The fourth-order valence-corrected chi connectivity index (χ4v) is 3.50. The maximum Gasteiger partial charge on any atom is 0.321 e. The van der Waals surface area contributed by atoms with E-state index >= 15 is 0 Å². The number of hydrogen-bond donors (Lipinski definition) is 2. The molecule has 0 aromatic heterocycles. The van der Waals surface area contributed by atoms with E-state index < -0.39 is 0 Å². The third kappa shape index (κ3) is 4.82. The summed E-state index contributed by atoms with van der Waals surface area (Å²) in [5.41, 5.74) is 8.37. The molecular weight excluding hydrogens is 376 g/mol. The number of rotatable bonds is 4. The number of amides is 3. The summed E-state index contributed by atoms with van der Waals surface area (Å²) in [5.74, 6) is 0.456. The average molecular weight is 403 g/mol. The van der Waals surface area contributed by atoms with Gasteiger partial charge in [-0.25, -0.2) is 4.79 Å². The highest BCUT2D eigenvalue weighted by atomic mass is 35.5. The summed E-state index contributed by atoms with van der Waals surface area (Å²) >= 11 is 0. The molecule has 0 aliphatic carbocycles. The molecule has 28 heavy (non-hydrogen) atoms. The second-order valence-corrected chi connectivity index (χ2v) is 7.13. The van der Waals surface area contributed by atoms with Crippen LogP contribution in [0.1, 0.15) is 21.8 Å². The second kappa shape index (κ2) is 9.57. The number of benzene rings is 2. The number of nitrogens with two attached hydrogens (primary N) is 1. The summed E-state index contributed by atoms with van der Waals surface area (Å²) < 4.78 is 0. The van der Waals surface area contributed by atoms with Crippen molar-refractivity contribution in [3.05, 3.63) is 65.7 Å². The molecule has 0 unspecified atom stereocenters. The quantitative estimate of drug-likeness (QED) is 0.825. The Hall–Kier alpha value is -2.57. The van der Waals surface area contributed by atoms with E-state index in [1.807, 2.05) is 23.1 Å². The van der Waals surface area contributed by atoms with E-state index in [2.05, 4.69) is 17.4 Å². The lowest BCUT2D eigenvalue weighted by atomic mass is 9.89. The lowest BCUT2D eigenvalue weighted by Gasteiger charge is -2.18. The summed E-state index contributed by atoms with van der Waals surface area (Å²) in [6.45, 7) is 1.84. The van der Waals surface area contributed by atoms with Gasteiger partial charge in [-0.3, -0.25) is 4.79 Å². The molecule has 3 rings (SSSR count). The Bertz CT molecular complexity index is 813. The van der Waals surface area contributed by atoms with E-state index in [9.17, 15) is 9.59 Å². The number of nitrogens with one attached hydrogen (secondary N) is 1. The molecule has 3 N–H and O–H groups in total. The van der Waals surface area contributed by atoms with Crippen LogP contribution in [0.4, 0.5) is 10.5 Å². The van der Waals surface area contributed by atoms with Gasteiger partial charge in [-0.05, 0) is 36.2 Å². The first-order valence-electron chi connectivity index (χ1n) is 9.12. The predicted molar refractivity (Wildman–Crippen MR) is 114 cm³/mol. The Labute approximate surface area is 172 Å². The van der Waals surface area contributed by atoms with E-state index in [0.717, 1.165) is 0 Å². The predicted octanol–water partition coefficient (Wildman–Crippen LogP) is 3.02. The van der Waals surface area contributed by atoms with Crippen LogP contribution >= 0.6 is 12.4 Å². The zero-order chi connectivity index (χ0) is 19.4. The van der Waals surface area contributed by atoms with E-state index in [-0.39, 0.29) is 36.2 Å². The van der Waals surface area contributed by atoms with Gasteiger partial charge in [0, 0.05) is 44.4 Å². The van der Waals surface area contributed by atoms with Crippen molar-refractivity contribution in [2.24, 2.45) is 11.7 Å². The average Bonchev–Trinajstić information content (AvgIpc) is 3.12. The van der Waals surface area contributed by atoms with Crippen LogP contribution in [0.25, 0.3) is 0 Å². The molecule has 0 saturated carbocycles. The van der Waals surface area contributed by atoms with Gasteiger partial charge in [0.05, 0.1) is 0 Å². The molecule has 1 aliphatic rings. The van der Waals surface area contributed by atoms with Crippen LogP contribution in [0, 0.1) is 5.92 Å². The summed E-state index contributed by atoms with van der Waals surface area (Å²) in [7, 11) is 3.34. The Morgan fingerprint density at radius 1 is 1.11 bits per heavy atom. The lowest BCUT2D eigenvalue weighted by Crippen LogP contribution is -2.30. The van der Waals surface area contributed by atoms with Crippen LogP contribution in [-0.4, -0.2) is 55.5 Å². The topological polar surface area (TPSA) is 78.7 Å². The number of likely N-dealkylation sites (tertiary alicyclic amines) is 1. The Morgan fingerprint density at radius 3 is 2.46 bits per heavy atom. The van der Waals surface area contributed by atoms with Crippen molar-refractivity contribution in [2.75, 3.05) is 39.0 Å². The highest BCUT2D eigenvalue weighted by Gasteiger charge is 2.35. The van der Waals surface area contributed by atoms with Gasteiger partial charge in [0.2, 0.25) is 0 Å². The van der Waals surface area contributed by atoms with Gasteiger partial charge < -0.3 is 20.9 Å². The molecule has 1 heterocycles. The molecule has 0 radical (unpaired) electrons. The normalized spacial score (nSPS) is 18.3. The van der Waals surface area contributed by atoms with Crippen LogP contribution in [0.15, 0.2) is 54.6 Å². The third-order valence-corrected chi connectivity index (χ3v) is 5.03. The first-order chi connectivity index (χ1) is 13.0.